The Morgan fingerprint density at radius 3 is 2.04 bits per heavy atom. The molecule has 25 heavy (non-hydrogen) atoms. The molecule has 4 N–H and O–H groups in total. The summed E-state index contributed by atoms with van der Waals surface area (Å²) in [5.74, 6) is -0.618. The number of unbranched alkanes of at least 4 members (excludes halogenated alkanes) is 2. The van der Waals surface area contributed by atoms with Crippen LogP contribution in [0.25, 0.3) is 0 Å². The first-order valence-corrected chi connectivity index (χ1v) is 9.70. The zero-order valence-corrected chi connectivity index (χ0v) is 16.4. The predicted octanol–water partition coefficient (Wildman–Crippen LogP) is 2.51. The summed E-state index contributed by atoms with van der Waals surface area (Å²) in [7, 11) is 0. The number of nitrogens with one attached hydrogen (secondary N) is 2. The van der Waals surface area contributed by atoms with Gasteiger partial charge >= 0.3 is 0 Å². The third kappa shape index (κ3) is 10.8. The lowest BCUT2D eigenvalue weighted by molar-refractivity contribution is -0.129. The van der Waals surface area contributed by atoms with Crippen molar-refractivity contribution in [3.8, 4) is 0 Å². The van der Waals surface area contributed by atoms with Gasteiger partial charge in [0.25, 0.3) is 0 Å². The summed E-state index contributed by atoms with van der Waals surface area (Å²) in [5.41, 5.74) is 5.38. The molecule has 0 aliphatic carbocycles. The van der Waals surface area contributed by atoms with Gasteiger partial charge < -0.3 is 16.4 Å². The van der Waals surface area contributed by atoms with Crippen molar-refractivity contribution >= 4 is 17.7 Å². The summed E-state index contributed by atoms with van der Waals surface area (Å²) < 4.78 is 0. The molecule has 6 heteroatoms. The standard InChI is InChI=1S/C19H37N3O3/c1-5-7-11-15(4)18(24)21-13-9-8-12-16(17(20)23)22-19(25)14(3)10-6-2/h14-16H,5-13H2,1-4H3,(H2,20,23)(H,21,24)(H,22,25). The molecule has 0 aromatic heterocycles. The van der Waals surface area contributed by atoms with E-state index in [-0.39, 0.29) is 23.7 Å². The lowest BCUT2D eigenvalue weighted by atomic mass is 10.0. The summed E-state index contributed by atoms with van der Waals surface area (Å²) in [6.45, 7) is 8.52. The van der Waals surface area contributed by atoms with Crippen molar-refractivity contribution in [3.05, 3.63) is 0 Å². The van der Waals surface area contributed by atoms with E-state index < -0.39 is 11.9 Å². The fourth-order valence-electron chi connectivity index (χ4n) is 2.66. The number of amides is 3. The Labute approximate surface area is 152 Å². The summed E-state index contributed by atoms with van der Waals surface area (Å²) >= 11 is 0. The van der Waals surface area contributed by atoms with Crippen LogP contribution in [0.15, 0.2) is 0 Å². The fourth-order valence-corrected chi connectivity index (χ4v) is 2.66. The monoisotopic (exact) mass is 355 g/mol. The molecule has 3 unspecified atom stereocenters. The maximum absolute atomic E-state index is 12.0. The minimum atomic E-state index is -0.633. The Hall–Kier alpha value is -1.59. The number of rotatable bonds is 14. The van der Waals surface area contributed by atoms with E-state index in [2.05, 4.69) is 17.6 Å². The molecule has 0 aliphatic rings. The van der Waals surface area contributed by atoms with Gasteiger partial charge in [0, 0.05) is 18.4 Å². The summed E-state index contributed by atoms with van der Waals surface area (Å²) in [5, 5.41) is 5.67. The summed E-state index contributed by atoms with van der Waals surface area (Å²) in [6, 6.07) is -0.633. The first-order valence-electron chi connectivity index (χ1n) is 9.70. The van der Waals surface area contributed by atoms with Gasteiger partial charge in [0.1, 0.15) is 6.04 Å². The first kappa shape index (κ1) is 23.4. The van der Waals surface area contributed by atoms with E-state index in [4.69, 9.17) is 5.73 Å². The molecule has 0 aliphatic heterocycles. The molecule has 0 spiro atoms. The highest BCUT2D eigenvalue weighted by molar-refractivity contribution is 5.87. The van der Waals surface area contributed by atoms with Crippen molar-refractivity contribution < 1.29 is 14.4 Å². The molecule has 0 heterocycles. The van der Waals surface area contributed by atoms with E-state index in [0.717, 1.165) is 44.9 Å². The van der Waals surface area contributed by atoms with Crippen LogP contribution < -0.4 is 16.4 Å². The number of hydrogen-bond acceptors (Lipinski definition) is 3. The SMILES string of the molecule is CCCCC(C)C(=O)NCCCCC(NC(=O)C(C)CCC)C(N)=O. The molecule has 0 fully saturated rings. The molecular weight excluding hydrogens is 318 g/mol. The average molecular weight is 356 g/mol. The zero-order chi connectivity index (χ0) is 19.2. The van der Waals surface area contributed by atoms with Crippen molar-refractivity contribution in [3.63, 3.8) is 0 Å². The van der Waals surface area contributed by atoms with Crippen LogP contribution in [0, 0.1) is 11.8 Å². The van der Waals surface area contributed by atoms with E-state index in [0.29, 0.717) is 13.0 Å². The minimum absolute atomic E-state index is 0.0395. The van der Waals surface area contributed by atoms with Crippen LogP contribution in [0.5, 0.6) is 0 Å². The lowest BCUT2D eigenvalue weighted by Gasteiger charge is -2.18. The van der Waals surface area contributed by atoms with Crippen molar-refractivity contribution in [1.82, 2.24) is 10.6 Å². The van der Waals surface area contributed by atoms with E-state index in [1.807, 2.05) is 20.8 Å². The Balaban J connectivity index is 4.07. The van der Waals surface area contributed by atoms with Gasteiger partial charge in [-0.1, -0.05) is 47.0 Å². The number of nitrogens with two attached hydrogens (primary N) is 1. The van der Waals surface area contributed by atoms with Gasteiger partial charge in [-0.15, -0.1) is 0 Å². The third-order valence-corrected chi connectivity index (χ3v) is 4.49. The van der Waals surface area contributed by atoms with Crippen LogP contribution in [-0.4, -0.2) is 30.3 Å². The molecule has 0 aromatic carbocycles. The third-order valence-electron chi connectivity index (χ3n) is 4.49. The van der Waals surface area contributed by atoms with Crippen LogP contribution in [0.4, 0.5) is 0 Å². The molecule has 6 nitrogen and oxygen atoms in total. The summed E-state index contributed by atoms with van der Waals surface area (Å²) in [6.07, 6.45) is 6.76. The Bertz CT molecular complexity index is 413. The molecule has 3 amide bonds. The molecular formula is C19H37N3O3. The van der Waals surface area contributed by atoms with Crippen LogP contribution in [0.1, 0.15) is 79.1 Å². The highest BCUT2D eigenvalue weighted by Crippen LogP contribution is 2.09. The Kier molecular flexibility index (Phi) is 12.8. The van der Waals surface area contributed by atoms with E-state index in [1.54, 1.807) is 0 Å². The van der Waals surface area contributed by atoms with Gasteiger partial charge in [-0.25, -0.2) is 0 Å². The minimum Gasteiger partial charge on any atom is -0.368 e. The Morgan fingerprint density at radius 1 is 0.840 bits per heavy atom. The second-order valence-corrected chi connectivity index (χ2v) is 6.98. The maximum atomic E-state index is 12.0. The van der Waals surface area contributed by atoms with E-state index in [9.17, 15) is 14.4 Å². The molecule has 146 valence electrons. The van der Waals surface area contributed by atoms with Crippen molar-refractivity contribution in [2.45, 2.75) is 85.1 Å². The topological polar surface area (TPSA) is 101 Å². The average Bonchev–Trinajstić information content (AvgIpc) is 2.57. The number of carbonyl (C=O) groups is 3. The second kappa shape index (κ2) is 13.7. The van der Waals surface area contributed by atoms with Gasteiger partial charge in [-0.05, 0) is 32.1 Å². The van der Waals surface area contributed by atoms with Gasteiger partial charge in [0.15, 0.2) is 0 Å². The smallest absolute Gasteiger partial charge is 0.239 e. The molecule has 0 rings (SSSR count). The van der Waals surface area contributed by atoms with Gasteiger partial charge in [0.05, 0.1) is 0 Å². The first-order chi connectivity index (χ1) is 11.8. The van der Waals surface area contributed by atoms with Crippen molar-refractivity contribution in [2.75, 3.05) is 6.54 Å². The Morgan fingerprint density at radius 2 is 1.48 bits per heavy atom. The lowest BCUT2D eigenvalue weighted by Crippen LogP contribution is -2.46. The molecule has 0 bridgehead atoms. The van der Waals surface area contributed by atoms with Crippen LogP contribution in [-0.2, 0) is 14.4 Å². The second-order valence-electron chi connectivity index (χ2n) is 6.98. The largest absolute Gasteiger partial charge is 0.368 e. The van der Waals surface area contributed by atoms with Gasteiger partial charge in [-0.3, -0.25) is 14.4 Å². The number of hydrogen-bond donors (Lipinski definition) is 3. The zero-order valence-electron chi connectivity index (χ0n) is 16.4. The van der Waals surface area contributed by atoms with Crippen molar-refractivity contribution in [1.29, 1.82) is 0 Å². The molecule has 3 atom stereocenters. The normalized spacial score (nSPS) is 14.4. The van der Waals surface area contributed by atoms with Crippen LogP contribution >= 0.6 is 0 Å². The highest BCUT2D eigenvalue weighted by atomic mass is 16.2. The van der Waals surface area contributed by atoms with Gasteiger partial charge in [0.2, 0.25) is 17.7 Å². The van der Waals surface area contributed by atoms with Gasteiger partial charge in [-0.2, -0.15) is 0 Å². The predicted molar refractivity (Wildman–Crippen MR) is 101 cm³/mol. The van der Waals surface area contributed by atoms with Crippen LogP contribution in [0.3, 0.4) is 0 Å². The maximum Gasteiger partial charge on any atom is 0.239 e. The number of carbonyl (C=O) groups excluding carboxylic acids is 3. The van der Waals surface area contributed by atoms with Crippen LogP contribution in [0.2, 0.25) is 0 Å². The fraction of sp³-hybridized carbons (Fsp3) is 0.842. The highest BCUT2D eigenvalue weighted by Gasteiger charge is 2.20. The van der Waals surface area contributed by atoms with E-state index in [1.165, 1.54) is 0 Å². The molecule has 0 saturated carbocycles. The quantitative estimate of drug-likeness (QED) is 0.417. The van der Waals surface area contributed by atoms with E-state index >= 15 is 0 Å². The van der Waals surface area contributed by atoms with Crippen molar-refractivity contribution in [2.24, 2.45) is 17.6 Å². The summed E-state index contributed by atoms with van der Waals surface area (Å²) in [4.78, 5) is 35.4. The molecule has 0 aromatic rings. The number of primary amides is 1. The molecule has 0 saturated heterocycles. The molecule has 0 radical (unpaired) electrons.